The monoisotopic (exact) mass is 168 g/mol. The second-order valence-electron chi connectivity index (χ2n) is 2.30. The molecule has 1 rings (SSSR count). The Morgan fingerprint density at radius 1 is 1.25 bits per heavy atom. The predicted molar refractivity (Wildman–Crippen MR) is 48.1 cm³/mol. The molecule has 0 spiro atoms. The zero-order valence-electron chi connectivity index (χ0n) is 6.65. The summed E-state index contributed by atoms with van der Waals surface area (Å²) >= 11 is 0. The van der Waals surface area contributed by atoms with E-state index in [0.717, 1.165) is 0 Å². The number of nitrogens with zero attached hydrogens (tertiary/aromatic N) is 1. The molecule has 0 aliphatic carbocycles. The standard InChI is InChI=1S/C7H10N3O2/c1-12-10(11)7-3-5(8)2-6(9)4-7/h2-4H,8-9H2,1H3/q-1. The third kappa shape index (κ3) is 1.77. The second kappa shape index (κ2) is 3.29. The summed E-state index contributed by atoms with van der Waals surface area (Å²) in [6, 6.07) is 4.52. The fraction of sp³-hybridized carbons (Fsp3) is 0.143. The van der Waals surface area contributed by atoms with Gasteiger partial charge >= 0.3 is 0 Å². The van der Waals surface area contributed by atoms with E-state index < -0.39 is 0 Å². The third-order valence-electron chi connectivity index (χ3n) is 1.34. The van der Waals surface area contributed by atoms with E-state index in [9.17, 15) is 5.21 Å². The van der Waals surface area contributed by atoms with E-state index in [2.05, 4.69) is 4.84 Å². The fourth-order valence-electron chi connectivity index (χ4n) is 0.870. The van der Waals surface area contributed by atoms with E-state index in [-0.39, 0.29) is 5.69 Å². The summed E-state index contributed by atoms with van der Waals surface area (Å²) in [5.74, 6) is 0. The van der Waals surface area contributed by atoms with Crippen LogP contribution in [-0.4, -0.2) is 7.11 Å². The maximum Gasteiger partial charge on any atom is 0.0629 e. The van der Waals surface area contributed by atoms with Crippen LogP contribution in [0.25, 0.3) is 0 Å². The molecule has 0 saturated heterocycles. The summed E-state index contributed by atoms with van der Waals surface area (Å²) in [4.78, 5) is 4.41. The van der Waals surface area contributed by atoms with Gasteiger partial charge in [0, 0.05) is 11.4 Å². The quantitative estimate of drug-likeness (QED) is 0.501. The number of hydrogen-bond acceptors (Lipinski definition) is 5. The minimum atomic E-state index is 0.287. The molecule has 5 nitrogen and oxygen atoms in total. The summed E-state index contributed by atoms with van der Waals surface area (Å²) < 4.78 is 0. The number of hydrogen-bond donors (Lipinski definition) is 2. The molecule has 0 saturated carbocycles. The number of nitrogens with two attached hydrogens (primary N) is 2. The van der Waals surface area contributed by atoms with Crippen LogP contribution in [0.2, 0.25) is 0 Å². The zero-order chi connectivity index (χ0) is 9.14. The number of anilines is 3. The molecule has 0 aliphatic rings. The van der Waals surface area contributed by atoms with Crippen molar-refractivity contribution in [2.45, 2.75) is 0 Å². The number of benzene rings is 1. The van der Waals surface area contributed by atoms with Crippen molar-refractivity contribution in [2.75, 3.05) is 23.8 Å². The van der Waals surface area contributed by atoms with Crippen molar-refractivity contribution in [3.8, 4) is 0 Å². The Kier molecular flexibility index (Phi) is 2.37. The highest BCUT2D eigenvalue weighted by atomic mass is 16.9. The first-order valence-corrected chi connectivity index (χ1v) is 3.31. The Hall–Kier alpha value is -1.46. The smallest absolute Gasteiger partial charge is 0.0629 e. The lowest BCUT2D eigenvalue weighted by Crippen LogP contribution is -2.12. The molecule has 0 unspecified atom stereocenters. The van der Waals surface area contributed by atoms with Crippen molar-refractivity contribution in [3.05, 3.63) is 23.4 Å². The Labute approximate surface area is 70.1 Å². The number of nitrogen functional groups attached to an aromatic ring is 2. The lowest BCUT2D eigenvalue weighted by Gasteiger charge is -2.27. The highest BCUT2D eigenvalue weighted by molar-refractivity contribution is 5.64. The highest BCUT2D eigenvalue weighted by Crippen LogP contribution is 2.21. The first-order chi connectivity index (χ1) is 5.63. The summed E-state index contributed by atoms with van der Waals surface area (Å²) in [5.41, 5.74) is 12.1. The van der Waals surface area contributed by atoms with Gasteiger partial charge in [-0.25, -0.2) is 0 Å². The molecule has 0 aromatic heterocycles. The van der Waals surface area contributed by atoms with Crippen LogP contribution in [0.5, 0.6) is 0 Å². The second-order valence-corrected chi connectivity index (χ2v) is 2.30. The number of rotatable bonds is 2. The zero-order valence-corrected chi connectivity index (χ0v) is 6.65. The van der Waals surface area contributed by atoms with Gasteiger partial charge in [-0.3, -0.25) is 4.84 Å². The molecule has 12 heavy (non-hydrogen) atoms. The van der Waals surface area contributed by atoms with Gasteiger partial charge < -0.3 is 21.9 Å². The van der Waals surface area contributed by atoms with E-state index in [1.54, 1.807) is 6.07 Å². The van der Waals surface area contributed by atoms with E-state index in [1.165, 1.54) is 19.2 Å². The third-order valence-corrected chi connectivity index (χ3v) is 1.34. The largest absolute Gasteiger partial charge is 0.733 e. The van der Waals surface area contributed by atoms with Crippen molar-refractivity contribution in [1.29, 1.82) is 0 Å². The van der Waals surface area contributed by atoms with Crippen LogP contribution in [0.15, 0.2) is 18.2 Å². The molecule has 0 radical (unpaired) electrons. The van der Waals surface area contributed by atoms with Crippen LogP contribution >= 0.6 is 0 Å². The van der Waals surface area contributed by atoms with Gasteiger partial charge in [0.25, 0.3) is 0 Å². The van der Waals surface area contributed by atoms with Crippen molar-refractivity contribution in [2.24, 2.45) is 0 Å². The van der Waals surface area contributed by atoms with Crippen LogP contribution in [0.1, 0.15) is 0 Å². The van der Waals surface area contributed by atoms with Crippen molar-refractivity contribution in [1.82, 2.24) is 0 Å². The average Bonchev–Trinajstić information content (AvgIpc) is 2.01. The van der Waals surface area contributed by atoms with Crippen molar-refractivity contribution >= 4 is 17.1 Å². The van der Waals surface area contributed by atoms with E-state index in [0.29, 0.717) is 16.6 Å². The molecule has 0 fully saturated rings. The lowest BCUT2D eigenvalue weighted by atomic mass is 10.2. The van der Waals surface area contributed by atoms with Gasteiger partial charge in [0.2, 0.25) is 0 Å². The predicted octanol–water partition coefficient (Wildman–Crippen LogP) is 0.717. The first-order valence-electron chi connectivity index (χ1n) is 3.31. The molecule has 4 N–H and O–H groups in total. The summed E-state index contributed by atoms with van der Waals surface area (Å²) in [6.45, 7) is 0. The maximum atomic E-state index is 10.9. The van der Waals surface area contributed by atoms with Crippen molar-refractivity contribution in [3.63, 3.8) is 0 Å². The Bertz CT molecular complexity index is 257. The van der Waals surface area contributed by atoms with Crippen LogP contribution < -0.4 is 16.7 Å². The highest BCUT2D eigenvalue weighted by Gasteiger charge is 1.97. The van der Waals surface area contributed by atoms with Gasteiger partial charge in [0.05, 0.1) is 12.8 Å². The molecule has 0 bridgehead atoms. The molecule has 66 valence electrons. The normalized spacial score (nSPS) is 9.83. The summed E-state index contributed by atoms with van der Waals surface area (Å²) in [5, 5.41) is 11.2. The molecule has 0 heterocycles. The van der Waals surface area contributed by atoms with Gasteiger partial charge in [-0.1, -0.05) is 0 Å². The first kappa shape index (κ1) is 8.63. The van der Waals surface area contributed by atoms with Gasteiger partial charge in [-0.15, -0.1) is 0 Å². The molecular formula is C7H10N3O2-. The molecule has 1 aromatic rings. The summed E-state index contributed by atoms with van der Waals surface area (Å²) in [7, 11) is 1.27. The maximum absolute atomic E-state index is 10.9. The fourth-order valence-corrected chi connectivity index (χ4v) is 0.870. The molecule has 0 amide bonds. The SMILES string of the molecule is CON([O-])c1cc(N)cc(N)c1. The molecule has 0 aliphatic heterocycles. The van der Waals surface area contributed by atoms with Crippen LogP contribution in [0, 0.1) is 5.21 Å². The minimum absolute atomic E-state index is 0.287. The Morgan fingerprint density at radius 2 is 1.75 bits per heavy atom. The van der Waals surface area contributed by atoms with Crippen molar-refractivity contribution < 1.29 is 4.84 Å². The van der Waals surface area contributed by atoms with E-state index >= 15 is 0 Å². The Morgan fingerprint density at radius 3 is 2.17 bits per heavy atom. The van der Waals surface area contributed by atoms with Crippen LogP contribution in [0.3, 0.4) is 0 Å². The minimum Gasteiger partial charge on any atom is -0.733 e. The van der Waals surface area contributed by atoms with E-state index in [1.807, 2.05) is 0 Å². The molecule has 5 heteroatoms. The van der Waals surface area contributed by atoms with E-state index in [4.69, 9.17) is 11.5 Å². The lowest BCUT2D eigenvalue weighted by molar-refractivity contribution is 0.198. The van der Waals surface area contributed by atoms with Gasteiger partial charge in [0.15, 0.2) is 0 Å². The molecule has 1 aromatic carbocycles. The summed E-state index contributed by atoms with van der Waals surface area (Å²) in [6.07, 6.45) is 0. The van der Waals surface area contributed by atoms with Gasteiger partial charge in [0.1, 0.15) is 0 Å². The average molecular weight is 168 g/mol. The van der Waals surface area contributed by atoms with Crippen LogP contribution in [-0.2, 0) is 4.84 Å². The van der Waals surface area contributed by atoms with Gasteiger partial charge in [-0.05, 0) is 18.2 Å². The topological polar surface area (TPSA) is 87.6 Å². The molecular weight excluding hydrogens is 158 g/mol. The molecule has 0 atom stereocenters. The van der Waals surface area contributed by atoms with Gasteiger partial charge in [-0.2, -0.15) is 0 Å². The Balaban J connectivity index is 3.00. The van der Waals surface area contributed by atoms with Crippen LogP contribution in [0.4, 0.5) is 17.1 Å².